The van der Waals surface area contributed by atoms with E-state index in [9.17, 15) is 15.3 Å². The lowest BCUT2D eigenvalue weighted by Crippen LogP contribution is -2.28. The smallest absolute Gasteiger partial charge is 0.186 e. The summed E-state index contributed by atoms with van der Waals surface area (Å²) in [4.78, 5) is 11.5. The molecule has 0 radical (unpaired) electrons. The molecular weight excluding hydrogens is 260 g/mol. The number of hydrogen-bond donors (Lipinski definition) is 0. The molecule has 110 valence electrons. The first-order chi connectivity index (χ1) is 9.83. The zero-order valence-electron chi connectivity index (χ0n) is 13.1. The van der Waals surface area contributed by atoms with E-state index in [1.807, 2.05) is 0 Å². The van der Waals surface area contributed by atoms with Gasteiger partial charge in [-0.3, -0.25) is 4.79 Å². The van der Waals surface area contributed by atoms with Gasteiger partial charge in [0.1, 0.15) is 0 Å². The third kappa shape index (κ3) is 2.79. The minimum Gasteiger partial charge on any atom is -0.295 e. The number of nitriles is 2. The van der Waals surface area contributed by atoms with E-state index in [2.05, 4.69) is 39.0 Å². The number of allylic oxidation sites excluding steroid dienone is 4. The number of carbonyl (C=O) groups excluding carboxylic acids is 1. The third-order valence-electron chi connectivity index (χ3n) is 4.91. The summed E-state index contributed by atoms with van der Waals surface area (Å²) in [5.74, 6) is 0.611. The largest absolute Gasteiger partial charge is 0.295 e. The standard InChI is InChI=1S/C18H22N2O/c1-17(2,3)13-4-6-14(7-5-13)18(11-19,12-20)15-8-9-16(21)10-15/h6,10,13H,4-5,7-9H2,1-3H3. The first kappa shape index (κ1) is 15.5. The zero-order chi connectivity index (χ0) is 15.7. The molecule has 0 saturated carbocycles. The van der Waals surface area contributed by atoms with Gasteiger partial charge < -0.3 is 0 Å². The quantitative estimate of drug-likeness (QED) is 0.717. The Balaban J connectivity index is 2.32. The van der Waals surface area contributed by atoms with Crippen LogP contribution in [0.2, 0.25) is 0 Å². The molecule has 2 aliphatic rings. The van der Waals surface area contributed by atoms with Crippen LogP contribution in [0.3, 0.4) is 0 Å². The van der Waals surface area contributed by atoms with E-state index in [1.165, 1.54) is 6.08 Å². The van der Waals surface area contributed by atoms with Gasteiger partial charge >= 0.3 is 0 Å². The second-order valence-electron chi connectivity index (χ2n) is 7.18. The molecule has 0 fully saturated rings. The highest BCUT2D eigenvalue weighted by atomic mass is 16.1. The van der Waals surface area contributed by atoms with Crippen LogP contribution >= 0.6 is 0 Å². The fourth-order valence-corrected chi connectivity index (χ4v) is 3.37. The SMILES string of the molecule is CC(C)(C)C1CC=C(C(C#N)(C#N)C2=CC(=O)CC2)CC1. The molecule has 0 saturated heterocycles. The van der Waals surface area contributed by atoms with Crippen molar-refractivity contribution in [2.75, 3.05) is 0 Å². The monoisotopic (exact) mass is 282 g/mol. The van der Waals surface area contributed by atoms with Crippen molar-refractivity contribution in [1.29, 1.82) is 10.5 Å². The van der Waals surface area contributed by atoms with Crippen LogP contribution in [-0.4, -0.2) is 5.78 Å². The molecule has 0 N–H and O–H groups in total. The van der Waals surface area contributed by atoms with Crippen molar-refractivity contribution in [2.24, 2.45) is 16.7 Å². The summed E-state index contributed by atoms with van der Waals surface area (Å²) >= 11 is 0. The van der Waals surface area contributed by atoms with Gasteiger partial charge in [0.15, 0.2) is 11.2 Å². The number of ketones is 1. The van der Waals surface area contributed by atoms with Crippen molar-refractivity contribution >= 4 is 5.78 Å². The molecule has 1 atom stereocenters. The summed E-state index contributed by atoms with van der Waals surface area (Å²) in [5, 5.41) is 19.3. The highest BCUT2D eigenvalue weighted by molar-refractivity contribution is 5.93. The van der Waals surface area contributed by atoms with Crippen molar-refractivity contribution in [1.82, 2.24) is 0 Å². The van der Waals surface area contributed by atoms with Gasteiger partial charge in [0.2, 0.25) is 0 Å². The van der Waals surface area contributed by atoms with Gasteiger partial charge in [0.05, 0.1) is 12.1 Å². The Hall–Kier alpha value is -1.87. The van der Waals surface area contributed by atoms with Crippen LogP contribution in [0.25, 0.3) is 0 Å². The highest BCUT2D eigenvalue weighted by Gasteiger charge is 2.42. The normalized spacial score (nSPS) is 23.1. The summed E-state index contributed by atoms with van der Waals surface area (Å²) in [6.07, 6.45) is 7.25. The Kier molecular flexibility index (Phi) is 4.06. The summed E-state index contributed by atoms with van der Waals surface area (Å²) in [7, 11) is 0. The van der Waals surface area contributed by atoms with Crippen molar-refractivity contribution in [3.63, 3.8) is 0 Å². The molecule has 3 nitrogen and oxygen atoms in total. The predicted molar refractivity (Wildman–Crippen MR) is 80.9 cm³/mol. The number of nitrogens with zero attached hydrogens (tertiary/aromatic N) is 2. The highest BCUT2D eigenvalue weighted by Crippen LogP contribution is 2.46. The van der Waals surface area contributed by atoms with Crippen LogP contribution in [0, 0.1) is 39.4 Å². The van der Waals surface area contributed by atoms with E-state index in [1.54, 1.807) is 0 Å². The molecule has 0 spiro atoms. The molecule has 0 aliphatic heterocycles. The van der Waals surface area contributed by atoms with Crippen LogP contribution < -0.4 is 0 Å². The maximum Gasteiger partial charge on any atom is 0.186 e. The maximum atomic E-state index is 11.5. The topological polar surface area (TPSA) is 64.7 Å². The Morgan fingerprint density at radius 3 is 2.14 bits per heavy atom. The summed E-state index contributed by atoms with van der Waals surface area (Å²) in [5.41, 5.74) is 0.619. The van der Waals surface area contributed by atoms with E-state index in [4.69, 9.17) is 0 Å². The minimum absolute atomic E-state index is 0.0313. The predicted octanol–water partition coefficient (Wildman–Crippen LogP) is 4.08. The zero-order valence-corrected chi connectivity index (χ0v) is 13.1. The molecule has 2 aliphatic carbocycles. The summed E-state index contributed by atoms with van der Waals surface area (Å²) < 4.78 is 0. The second-order valence-corrected chi connectivity index (χ2v) is 7.18. The third-order valence-corrected chi connectivity index (χ3v) is 4.91. The molecule has 3 heteroatoms. The summed E-state index contributed by atoms with van der Waals surface area (Å²) in [6.45, 7) is 6.70. The first-order valence-electron chi connectivity index (χ1n) is 7.59. The van der Waals surface area contributed by atoms with Crippen molar-refractivity contribution in [3.8, 4) is 12.1 Å². The lowest BCUT2D eigenvalue weighted by atomic mass is 9.66. The van der Waals surface area contributed by atoms with E-state index in [0.717, 1.165) is 24.8 Å². The molecule has 0 aromatic heterocycles. The molecule has 0 aromatic carbocycles. The van der Waals surface area contributed by atoms with Crippen molar-refractivity contribution in [2.45, 2.75) is 52.9 Å². The van der Waals surface area contributed by atoms with Crippen LogP contribution in [0.5, 0.6) is 0 Å². The number of carbonyl (C=O) groups is 1. The van der Waals surface area contributed by atoms with Gasteiger partial charge in [-0.2, -0.15) is 10.5 Å². The van der Waals surface area contributed by atoms with E-state index in [0.29, 0.717) is 24.3 Å². The van der Waals surface area contributed by atoms with E-state index in [-0.39, 0.29) is 11.2 Å². The van der Waals surface area contributed by atoms with E-state index < -0.39 is 5.41 Å². The number of hydrogen-bond acceptors (Lipinski definition) is 3. The van der Waals surface area contributed by atoms with Crippen molar-refractivity contribution in [3.05, 3.63) is 23.3 Å². The lowest BCUT2D eigenvalue weighted by Gasteiger charge is -2.35. The van der Waals surface area contributed by atoms with Gasteiger partial charge in [0, 0.05) is 6.42 Å². The molecule has 21 heavy (non-hydrogen) atoms. The molecule has 1 unspecified atom stereocenters. The van der Waals surface area contributed by atoms with Gasteiger partial charge in [-0.15, -0.1) is 0 Å². The Morgan fingerprint density at radius 2 is 1.76 bits per heavy atom. The maximum absolute atomic E-state index is 11.5. The van der Waals surface area contributed by atoms with Gasteiger partial charge in [-0.05, 0) is 54.2 Å². The Bertz CT molecular complexity index is 576. The van der Waals surface area contributed by atoms with Gasteiger partial charge in [0.25, 0.3) is 0 Å². The molecule has 0 bridgehead atoms. The first-order valence-corrected chi connectivity index (χ1v) is 7.59. The fraction of sp³-hybridized carbons (Fsp3) is 0.611. The molecule has 0 amide bonds. The Labute approximate surface area is 126 Å². The van der Waals surface area contributed by atoms with E-state index >= 15 is 0 Å². The van der Waals surface area contributed by atoms with Crippen LogP contribution in [0.4, 0.5) is 0 Å². The lowest BCUT2D eigenvalue weighted by molar-refractivity contribution is -0.114. The second kappa shape index (κ2) is 5.49. The molecule has 0 heterocycles. The Morgan fingerprint density at radius 1 is 1.10 bits per heavy atom. The molecule has 2 rings (SSSR count). The van der Waals surface area contributed by atoms with Crippen LogP contribution in [0.15, 0.2) is 23.3 Å². The van der Waals surface area contributed by atoms with Gasteiger partial charge in [-0.1, -0.05) is 26.8 Å². The molecule has 0 aromatic rings. The van der Waals surface area contributed by atoms with Gasteiger partial charge in [-0.25, -0.2) is 0 Å². The minimum atomic E-state index is -1.21. The van der Waals surface area contributed by atoms with Crippen LogP contribution in [-0.2, 0) is 4.79 Å². The van der Waals surface area contributed by atoms with Crippen LogP contribution in [0.1, 0.15) is 52.9 Å². The average molecular weight is 282 g/mol. The van der Waals surface area contributed by atoms with Crippen molar-refractivity contribution < 1.29 is 4.79 Å². The summed E-state index contributed by atoms with van der Waals surface area (Å²) in [6, 6.07) is 4.40. The fourth-order valence-electron chi connectivity index (χ4n) is 3.37. The average Bonchev–Trinajstić information content (AvgIpc) is 2.88. The number of rotatable bonds is 2. The molecular formula is C18H22N2O.